The van der Waals surface area contributed by atoms with Crippen molar-refractivity contribution in [3.8, 4) is 0 Å². The first-order valence-electron chi connectivity index (χ1n) is 7.84. The predicted octanol–water partition coefficient (Wildman–Crippen LogP) is 1.78. The van der Waals surface area contributed by atoms with E-state index in [1.165, 1.54) is 4.90 Å². The molecule has 1 aliphatic rings. The molecule has 1 unspecified atom stereocenters. The lowest BCUT2D eigenvalue weighted by Crippen LogP contribution is -2.54. The Morgan fingerprint density at radius 2 is 2.22 bits per heavy atom. The van der Waals surface area contributed by atoms with Crippen LogP contribution in [-0.4, -0.2) is 51.3 Å². The highest BCUT2D eigenvalue weighted by Gasteiger charge is 2.29. The van der Waals surface area contributed by atoms with Crippen LogP contribution < -0.4 is 10.6 Å². The Kier molecular flexibility index (Phi) is 3.89. The third-order valence-corrected chi connectivity index (χ3v) is 4.52. The van der Waals surface area contributed by atoms with E-state index in [1.54, 1.807) is 0 Å². The number of nitrogens with zero attached hydrogens (tertiary/aromatic N) is 4. The van der Waals surface area contributed by atoms with Crippen LogP contribution in [0.3, 0.4) is 0 Å². The molecule has 124 valence electrons. The van der Waals surface area contributed by atoms with E-state index in [0.717, 1.165) is 22.4 Å². The Morgan fingerprint density at radius 1 is 1.48 bits per heavy atom. The number of aromatic nitrogens is 2. The lowest BCUT2D eigenvalue weighted by Gasteiger charge is -2.40. The second-order valence-corrected chi connectivity index (χ2v) is 6.28. The molecule has 2 atom stereocenters. The minimum Gasteiger partial charge on any atom is -0.465 e. The number of carbonyl (C=O) groups is 1. The number of hydrogen-bond acceptors (Lipinski definition) is 4. The van der Waals surface area contributed by atoms with Gasteiger partial charge >= 0.3 is 6.09 Å². The Hall–Kier alpha value is -2.28. The molecule has 3 N–H and O–H groups in total. The number of rotatable bonds is 2. The van der Waals surface area contributed by atoms with Crippen molar-refractivity contribution in [2.75, 3.05) is 24.5 Å². The lowest BCUT2D eigenvalue weighted by molar-refractivity contribution is 0.122. The molecular weight excluding hydrogens is 294 g/mol. The van der Waals surface area contributed by atoms with Crippen molar-refractivity contribution in [2.24, 2.45) is 12.8 Å². The summed E-state index contributed by atoms with van der Waals surface area (Å²) in [5, 5.41) is 9.23. The van der Waals surface area contributed by atoms with Gasteiger partial charge in [-0.3, -0.25) is 0 Å². The zero-order chi connectivity index (χ0) is 16.7. The molecule has 7 nitrogen and oxygen atoms in total. The fraction of sp³-hybridized carbons (Fsp3) is 0.500. The molecular formula is C16H23N5O2. The van der Waals surface area contributed by atoms with Crippen LogP contribution >= 0.6 is 0 Å². The second kappa shape index (κ2) is 5.73. The Balaban J connectivity index is 2.00. The molecule has 7 heteroatoms. The number of anilines is 1. The van der Waals surface area contributed by atoms with Crippen molar-refractivity contribution in [2.45, 2.75) is 25.9 Å². The number of nitrogens with two attached hydrogens (primary N) is 1. The van der Waals surface area contributed by atoms with E-state index in [-0.39, 0.29) is 12.1 Å². The number of carboxylic acid groups (broad SMARTS) is 1. The van der Waals surface area contributed by atoms with Gasteiger partial charge in [-0.25, -0.2) is 9.78 Å². The zero-order valence-electron chi connectivity index (χ0n) is 13.7. The van der Waals surface area contributed by atoms with Crippen molar-refractivity contribution in [3.63, 3.8) is 0 Å². The van der Waals surface area contributed by atoms with E-state index >= 15 is 0 Å². The van der Waals surface area contributed by atoms with Gasteiger partial charge in [0.2, 0.25) is 0 Å². The van der Waals surface area contributed by atoms with Gasteiger partial charge in [-0.15, -0.1) is 0 Å². The molecule has 1 saturated heterocycles. The molecule has 0 radical (unpaired) electrons. The predicted molar refractivity (Wildman–Crippen MR) is 89.7 cm³/mol. The number of pyridine rings is 1. The van der Waals surface area contributed by atoms with Gasteiger partial charge < -0.3 is 25.2 Å². The SMILES string of the molecule is CC1CN(c2cc3c(ccn3C)nc2[C@H](C)N)CCN1C(=O)O. The largest absolute Gasteiger partial charge is 0.465 e. The van der Waals surface area contributed by atoms with Gasteiger partial charge in [0.1, 0.15) is 0 Å². The van der Waals surface area contributed by atoms with E-state index in [1.807, 2.05) is 37.7 Å². The highest BCUT2D eigenvalue weighted by molar-refractivity contribution is 5.81. The van der Waals surface area contributed by atoms with E-state index in [2.05, 4.69) is 11.0 Å². The van der Waals surface area contributed by atoms with E-state index in [0.29, 0.717) is 19.6 Å². The molecule has 1 fully saturated rings. The summed E-state index contributed by atoms with van der Waals surface area (Å²) in [6.45, 7) is 5.63. The average Bonchev–Trinajstić information content (AvgIpc) is 2.86. The maximum Gasteiger partial charge on any atom is 0.407 e. The van der Waals surface area contributed by atoms with Gasteiger partial charge in [-0.1, -0.05) is 0 Å². The van der Waals surface area contributed by atoms with Crippen molar-refractivity contribution in [1.29, 1.82) is 0 Å². The first-order chi connectivity index (χ1) is 10.9. The molecule has 3 rings (SSSR count). The van der Waals surface area contributed by atoms with Crippen LogP contribution in [0.5, 0.6) is 0 Å². The summed E-state index contributed by atoms with van der Waals surface area (Å²) in [6, 6.07) is 3.86. The molecule has 0 spiro atoms. The smallest absolute Gasteiger partial charge is 0.407 e. The summed E-state index contributed by atoms with van der Waals surface area (Å²) in [5.74, 6) is 0. The standard InChI is InChI=1S/C16H23N5O2/c1-10-9-20(6-7-21(10)16(22)23)14-8-13-12(4-5-19(13)3)18-15(14)11(2)17/h4-5,8,10-11H,6-7,9,17H2,1-3H3,(H,22,23)/t10?,11-/m0/s1. The van der Waals surface area contributed by atoms with Crippen LogP contribution in [0, 0.1) is 0 Å². The van der Waals surface area contributed by atoms with Gasteiger partial charge in [0.25, 0.3) is 0 Å². The average molecular weight is 317 g/mol. The van der Waals surface area contributed by atoms with Crippen LogP contribution in [0.15, 0.2) is 18.3 Å². The third-order valence-electron chi connectivity index (χ3n) is 4.52. The molecule has 0 saturated carbocycles. The fourth-order valence-electron chi connectivity index (χ4n) is 3.24. The Labute approximate surface area is 135 Å². The van der Waals surface area contributed by atoms with Gasteiger partial charge in [-0.05, 0) is 26.0 Å². The molecule has 0 aliphatic carbocycles. The van der Waals surface area contributed by atoms with Crippen LogP contribution in [0.25, 0.3) is 11.0 Å². The molecule has 0 aromatic carbocycles. The third kappa shape index (κ3) is 2.72. The van der Waals surface area contributed by atoms with Crippen LogP contribution in [0.2, 0.25) is 0 Å². The monoisotopic (exact) mass is 317 g/mol. The van der Waals surface area contributed by atoms with Crippen LogP contribution in [0.4, 0.5) is 10.5 Å². The fourth-order valence-corrected chi connectivity index (χ4v) is 3.24. The summed E-state index contributed by atoms with van der Waals surface area (Å²) in [7, 11) is 1.99. The summed E-state index contributed by atoms with van der Waals surface area (Å²) in [4.78, 5) is 19.7. The molecule has 23 heavy (non-hydrogen) atoms. The molecule has 3 heterocycles. The van der Waals surface area contributed by atoms with E-state index < -0.39 is 6.09 Å². The minimum atomic E-state index is -0.861. The van der Waals surface area contributed by atoms with Gasteiger partial charge in [-0.2, -0.15) is 0 Å². The van der Waals surface area contributed by atoms with Crippen molar-refractivity contribution < 1.29 is 9.90 Å². The summed E-state index contributed by atoms with van der Waals surface area (Å²) in [6.07, 6.45) is 1.12. The first-order valence-corrected chi connectivity index (χ1v) is 7.84. The van der Waals surface area contributed by atoms with Crippen molar-refractivity contribution in [3.05, 3.63) is 24.0 Å². The number of fused-ring (bicyclic) bond motifs is 1. The van der Waals surface area contributed by atoms with Gasteiger partial charge in [0.05, 0.1) is 22.4 Å². The van der Waals surface area contributed by atoms with Crippen LogP contribution in [-0.2, 0) is 7.05 Å². The molecule has 1 amide bonds. The van der Waals surface area contributed by atoms with Crippen LogP contribution in [0.1, 0.15) is 25.6 Å². The van der Waals surface area contributed by atoms with Crippen molar-refractivity contribution >= 4 is 22.8 Å². The summed E-state index contributed by atoms with van der Waals surface area (Å²) >= 11 is 0. The second-order valence-electron chi connectivity index (χ2n) is 6.28. The maximum atomic E-state index is 11.2. The van der Waals surface area contributed by atoms with E-state index in [9.17, 15) is 9.90 Å². The molecule has 2 aromatic heterocycles. The maximum absolute atomic E-state index is 11.2. The minimum absolute atomic E-state index is 0.0636. The van der Waals surface area contributed by atoms with Gasteiger partial charge in [0, 0.05) is 45.0 Å². The Bertz CT molecular complexity index is 739. The number of amides is 1. The van der Waals surface area contributed by atoms with Crippen molar-refractivity contribution in [1.82, 2.24) is 14.5 Å². The zero-order valence-corrected chi connectivity index (χ0v) is 13.7. The highest BCUT2D eigenvalue weighted by atomic mass is 16.4. The normalized spacial score (nSPS) is 20.1. The molecule has 0 bridgehead atoms. The lowest BCUT2D eigenvalue weighted by atomic mass is 10.1. The first kappa shape index (κ1) is 15.6. The molecule has 1 aliphatic heterocycles. The highest BCUT2D eigenvalue weighted by Crippen LogP contribution is 2.30. The number of hydrogen-bond donors (Lipinski definition) is 2. The topological polar surface area (TPSA) is 87.6 Å². The Morgan fingerprint density at radius 3 is 2.83 bits per heavy atom. The number of piperazine rings is 1. The quantitative estimate of drug-likeness (QED) is 0.881. The summed E-state index contributed by atoms with van der Waals surface area (Å²) < 4.78 is 2.04. The van der Waals surface area contributed by atoms with E-state index in [4.69, 9.17) is 10.7 Å². The summed E-state index contributed by atoms with van der Waals surface area (Å²) in [5.41, 5.74) is 9.98. The number of aryl methyl sites for hydroxylation is 1. The van der Waals surface area contributed by atoms with Gasteiger partial charge in [0.15, 0.2) is 0 Å². The molecule has 2 aromatic rings.